The third kappa shape index (κ3) is 5.47. The highest BCUT2D eigenvalue weighted by molar-refractivity contribution is 7.80. The van der Waals surface area contributed by atoms with E-state index in [1.165, 1.54) is 0 Å². The van der Waals surface area contributed by atoms with Crippen LogP contribution in [0.4, 0.5) is 0 Å². The zero-order chi connectivity index (χ0) is 15.3. The van der Waals surface area contributed by atoms with Crippen LogP contribution in [-0.2, 0) is 0 Å². The zero-order valence-electron chi connectivity index (χ0n) is 12.1. The summed E-state index contributed by atoms with van der Waals surface area (Å²) in [5, 5.41) is 0.576. The van der Waals surface area contributed by atoms with E-state index in [-0.39, 0.29) is 5.91 Å². The molecular weight excluding hydrogens is 292 g/mol. The number of benzene rings is 1. The Morgan fingerprint density at radius 2 is 2.05 bits per heavy atom. The molecule has 1 rings (SSSR count). The predicted molar refractivity (Wildman–Crippen MR) is 88.3 cm³/mol. The SMILES string of the molecule is Cc1cc(Cl)cc(C(=O)N(CCC(N)=S)CC(C)C)c1. The van der Waals surface area contributed by atoms with Gasteiger partial charge < -0.3 is 10.6 Å². The summed E-state index contributed by atoms with van der Waals surface area (Å²) in [5.74, 6) is 0.353. The Bertz CT molecular complexity index is 482. The van der Waals surface area contributed by atoms with Gasteiger partial charge in [0.2, 0.25) is 0 Å². The van der Waals surface area contributed by atoms with Crippen molar-refractivity contribution in [3.8, 4) is 0 Å². The first-order valence-corrected chi connectivity index (χ1v) is 7.43. The second-order valence-corrected chi connectivity index (χ2v) is 6.34. The van der Waals surface area contributed by atoms with E-state index in [2.05, 4.69) is 13.8 Å². The molecule has 0 heterocycles. The molecule has 20 heavy (non-hydrogen) atoms. The number of hydrogen-bond donors (Lipinski definition) is 1. The van der Waals surface area contributed by atoms with E-state index >= 15 is 0 Å². The lowest BCUT2D eigenvalue weighted by atomic mass is 10.1. The number of rotatable bonds is 6. The van der Waals surface area contributed by atoms with E-state index in [0.29, 0.717) is 41.0 Å². The summed E-state index contributed by atoms with van der Waals surface area (Å²) in [4.78, 5) is 14.8. The molecule has 0 bridgehead atoms. The minimum absolute atomic E-state index is 0.0273. The maximum absolute atomic E-state index is 12.6. The lowest BCUT2D eigenvalue weighted by Crippen LogP contribution is -2.36. The molecule has 2 N–H and O–H groups in total. The van der Waals surface area contributed by atoms with Crippen LogP contribution >= 0.6 is 23.8 Å². The lowest BCUT2D eigenvalue weighted by molar-refractivity contribution is 0.0741. The number of nitrogens with two attached hydrogens (primary N) is 1. The van der Waals surface area contributed by atoms with Crippen LogP contribution in [0.25, 0.3) is 0 Å². The van der Waals surface area contributed by atoms with Crippen molar-refractivity contribution in [3.63, 3.8) is 0 Å². The maximum Gasteiger partial charge on any atom is 0.253 e. The summed E-state index contributed by atoms with van der Waals surface area (Å²) in [7, 11) is 0. The van der Waals surface area contributed by atoms with Gasteiger partial charge in [0.05, 0.1) is 4.99 Å². The second-order valence-electron chi connectivity index (χ2n) is 5.38. The van der Waals surface area contributed by atoms with E-state index < -0.39 is 0 Å². The highest BCUT2D eigenvalue weighted by Gasteiger charge is 2.17. The molecule has 0 atom stereocenters. The van der Waals surface area contributed by atoms with Gasteiger partial charge in [0.25, 0.3) is 5.91 Å². The smallest absolute Gasteiger partial charge is 0.253 e. The van der Waals surface area contributed by atoms with E-state index in [9.17, 15) is 4.79 Å². The monoisotopic (exact) mass is 312 g/mol. The Labute approximate surface area is 131 Å². The molecule has 0 unspecified atom stereocenters. The van der Waals surface area contributed by atoms with Gasteiger partial charge in [-0.25, -0.2) is 0 Å². The minimum Gasteiger partial charge on any atom is -0.393 e. The van der Waals surface area contributed by atoms with Gasteiger partial charge in [0, 0.05) is 30.1 Å². The molecule has 3 nitrogen and oxygen atoms in total. The molecule has 1 amide bonds. The van der Waals surface area contributed by atoms with Crippen molar-refractivity contribution >= 4 is 34.7 Å². The molecule has 0 aliphatic carbocycles. The minimum atomic E-state index is -0.0273. The Balaban J connectivity index is 2.93. The van der Waals surface area contributed by atoms with Gasteiger partial charge >= 0.3 is 0 Å². The van der Waals surface area contributed by atoms with Crippen molar-refractivity contribution in [2.45, 2.75) is 27.2 Å². The largest absolute Gasteiger partial charge is 0.393 e. The highest BCUT2D eigenvalue weighted by atomic mass is 35.5. The predicted octanol–water partition coefficient (Wildman–Crippen LogP) is 3.42. The average molecular weight is 313 g/mol. The van der Waals surface area contributed by atoms with E-state index in [1.54, 1.807) is 11.0 Å². The molecule has 0 fully saturated rings. The first kappa shape index (κ1) is 16.9. The van der Waals surface area contributed by atoms with Crippen molar-refractivity contribution in [3.05, 3.63) is 34.3 Å². The summed E-state index contributed by atoms with van der Waals surface area (Å²) in [6.07, 6.45) is 0.535. The second kappa shape index (κ2) is 7.60. The summed E-state index contributed by atoms with van der Waals surface area (Å²) >= 11 is 10.9. The molecule has 110 valence electrons. The molecule has 5 heteroatoms. The van der Waals surface area contributed by atoms with E-state index in [4.69, 9.17) is 29.6 Å². The lowest BCUT2D eigenvalue weighted by Gasteiger charge is -2.24. The topological polar surface area (TPSA) is 46.3 Å². The van der Waals surface area contributed by atoms with Crippen LogP contribution < -0.4 is 5.73 Å². The Kier molecular flexibility index (Phi) is 6.43. The molecule has 0 aliphatic rings. The first-order valence-electron chi connectivity index (χ1n) is 6.64. The van der Waals surface area contributed by atoms with Gasteiger partial charge in [-0.05, 0) is 36.6 Å². The molecule has 0 aromatic heterocycles. The van der Waals surface area contributed by atoms with Crippen molar-refractivity contribution in [2.24, 2.45) is 11.7 Å². The van der Waals surface area contributed by atoms with Gasteiger partial charge in [-0.15, -0.1) is 0 Å². The van der Waals surface area contributed by atoms with Gasteiger partial charge in [0.1, 0.15) is 0 Å². The van der Waals surface area contributed by atoms with Crippen molar-refractivity contribution in [1.29, 1.82) is 0 Å². The Hall–Kier alpha value is -1.13. The first-order chi connectivity index (χ1) is 9.29. The number of thiocarbonyl (C=S) groups is 1. The molecule has 0 saturated heterocycles. The number of nitrogens with zero attached hydrogens (tertiary/aromatic N) is 1. The molecular formula is C15H21ClN2OS. The zero-order valence-corrected chi connectivity index (χ0v) is 13.7. The number of halogens is 1. The summed E-state index contributed by atoms with van der Waals surface area (Å²) in [5.41, 5.74) is 7.11. The van der Waals surface area contributed by atoms with Crippen LogP contribution in [0.2, 0.25) is 5.02 Å². The number of hydrogen-bond acceptors (Lipinski definition) is 2. The number of amides is 1. The molecule has 0 radical (unpaired) electrons. The van der Waals surface area contributed by atoms with Crippen molar-refractivity contribution in [1.82, 2.24) is 4.90 Å². The third-order valence-electron chi connectivity index (χ3n) is 2.79. The van der Waals surface area contributed by atoms with Gasteiger partial charge in [-0.3, -0.25) is 4.79 Å². The van der Waals surface area contributed by atoms with Crippen LogP contribution in [-0.4, -0.2) is 28.9 Å². The highest BCUT2D eigenvalue weighted by Crippen LogP contribution is 2.17. The van der Waals surface area contributed by atoms with Crippen LogP contribution in [0, 0.1) is 12.8 Å². The summed E-state index contributed by atoms with van der Waals surface area (Å²) < 4.78 is 0. The van der Waals surface area contributed by atoms with Crippen LogP contribution in [0.1, 0.15) is 36.2 Å². The van der Waals surface area contributed by atoms with Crippen LogP contribution in [0.15, 0.2) is 18.2 Å². The fourth-order valence-electron chi connectivity index (χ4n) is 2.00. The fourth-order valence-corrected chi connectivity index (χ4v) is 2.38. The molecule has 0 saturated carbocycles. The normalized spacial score (nSPS) is 10.7. The van der Waals surface area contributed by atoms with Gasteiger partial charge in [-0.2, -0.15) is 0 Å². The van der Waals surface area contributed by atoms with E-state index in [0.717, 1.165) is 5.56 Å². The molecule has 1 aromatic carbocycles. The van der Waals surface area contributed by atoms with Crippen LogP contribution in [0.5, 0.6) is 0 Å². The summed E-state index contributed by atoms with van der Waals surface area (Å²) in [6.45, 7) is 7.28. The average Bonchev–Trinajstić information content (AvgIpc) is 2.31. The van der Waals surface area contributed by atoms with Gasteiger partial charge in [0.15, 0.2) is 0 Å². The quantitative estimate of drug-likeness (QED) is 0.819. The number of carbonyl (C=O) groups is 1. The number of carbonyl (C=O) groups excluding carboxylic acids is 1. The summed E-state index contributed by atoms with van der Waals surface area (Å²) in [6, 6.07) is 5.38. The standard InChI is InChI=1S/C15H21ClN2OS/c1-10(2)9-18(5-4-14(17)20)15(19)12-6-11(3)7-13(16)8-12/h6-8,10H,4-5,9H2,1-3H3,(H2,17,20). The Morgan fingerprint density at radius 1 is 1.40 bits per heavy atom. The van der Waals surface area contributed by atoms with Crippen molar-refractivity contribution < 1.29 is 4.79 Å². The van der Waals surface area contributed by atoms with Gasteiger partial charge in [-0.1, -0.05) is 37.7 Å². The third-order valence-corrected chi connectivity index (χ3v) is 3.21. The molecule has 1 aromatic rings. The maximum atomic E-state index is 12.6. The van der Waals surface area contributed by atoms with Crippen LogP contribution in [0.3, 0.4) is 0 Å². The Morgan fingerprint density at radius 3 is 2.55 bits per heavy atom. The molecule has 0 spiro atoms. The van der Waals surface area contributed by atoms with E-state index in [1.807, 2.05) is 19.1 Å². The fraction of sp³-hybridized carbons (Fsp3) is 0.467. The number of aryl methyl sites for hydroxylation is 1. The molecule has 0 aliphatic heterocycles. The van der Waals surface area contributed by atoms with Crippen molar-refractivity contribution in [2.75, 3.05) is 13.1 Å².